The van der Waals surface area contributed by atoms with Crippen molar-refractivity contribution in [3.05, 3.63) is 0 Å². The molecule has 0 radical (unpaired) electrons. The second kappa shape index (κ2) is 16.4. The Labute approximate surface area is 191 Å². The van der Waals surface area contributed by atoms with Crippen molar-refractivity contribution in [1.29, 1.82) is 0 Å². The molecule has 16 heteroatoms. The minimum atomic E-state index is -3.87. The molecular weight excluding hydrogens is 489 g/mol. The van der Waals surface area contributed by atoms with E-state index in [4.69, 9.17) is 27.1 Å². The molecule has 0 spiro atoms. The topological polar surface area (TPSA) is 147 Å². The lowest BCUT2D eigenvalue weighted by atomic mass is 10.1. The number of nitrogens with zero attached hydrogens (tertiary/aromatic N) is 2. The van der Waals surface area contributed by atoms with E-state index in [2.05, 4.69) is 0 Å². The first-order valence-corrected chi connectivity index (χ1v) is 12.6. The standard InChI is InChI=1S/C16H31N2O11P3/c1-17(2)13(19)9-26-15(21)8-7-12(16(22)27-10-14(20)18(3)4)11-32(23,28-30-24-5)29-31-25-6/h12,30-31H,7-11H2,1-6H3. The average molecular weight is 520 g/mol. The number of likely N-dealkylation sites (N-methyl/N-ethyl adjacent to an activating group) is 2. The normalized spacial score (nSPS) is 14.3. The molecule has 3 unspecified atom stereocenters. The molecule has 0 aromatic rings. The summed E-state index contributed by atoms with van der Waals surface area (Å²) in [5, 5.41) is 0. The monoisotopic (exact) mass is 520 g/mol. The van der Waals surface area contributed by atoms with Crippen LogP contribution in [0.15, 0.2) is 0 Å². The highest BCUT2D eigenvalue weighted by Crippen LogP contribution is 2.59. The first-order chi connectivity index (χ1) is 15.0. The van der Waals surface area contributed by atoms with E-state index in [-0.39, 0.29) is 12.8 Å². The fourth-order valence-corrected chi connectivity index (χ4v) is 5.31. The van der Waals surface area contributed by atoms with Crippen molar-refractivity contribution in [2.75, 3.05) is 61.8 Å². The molecule has 0 aliphatic rings. The fraction of sp³-hybridized carbons (Fsp3) is 0.750. The van der Waals surface area contributed by atoms with Gasteiger partial charge in [0.15, 0.2) is 31.3 Å². The van der Waals surface area contributed by atoms with Gasteiger partial charge in [0, 0.05) is 48.8 Å². The van der Waals surface area contributed by atoms with E-state index in [0.29, 0.717) is 0 Å². The maximum atomic E-state index is 13.0. The Morgan fingerprint density at radius 2 is 1.31 bits per heavy atom. The van der Waals surface area contributed by atoms with Crippen molar-refractivity contribution in [3.63, 3.8) is 0 Å². The Bertz CT molecular complexity index is 664. The van der Waals surface area contributed by atoms with Crippen molar-refractivity contribution >= 4 is 49.4 Å². The number of hydrogen-bond acceptors (Lipinski definition) is 11. The van der Waals surface area contributed by atoms with Gasteiger partial charge in [-0.3, -0.25) is 32.4 Å². The second-order valence-electron chi connectivity index (χ2n) is 6.63. The molecule has 0 aromatic heterocycles. The summed E-state index contributed by atoms with van der Waals surface area (Å²) in [5.41, 5.74) is 0. The molecule has 32 heavy (non-hydrogen) atoms. The molecule has 186 valence electrons. The van der Waals surface area contributed by atoms with Gasteiger partial charge in [0.25, 0.3) is 11.8 Å². The van der Waals surface area contributed by atoms with Crippen LogP contribution in [0.3, 0.4) is 0 Å². The second-order valence-corrected chi connectivity index (χ2v) is 10.8. The number of amides is 2. The van der Waals surface area contributed by atoms with Crippen molar-refractivity contribution in [3.8, 4) is 0 Å². The van der Waals surface area contributed by atoms with Crippen LogP contribution < -0.4 is 0 Å². The van der Waals surface area contributed by atoms with E-state index in [1.807, 2.05) is 0 Å². The largest absolute Gasteiger partial charge is 0.456 e. The summed E-state index contributed by atoms with van der Waals surface area (Å²) in [7, 11) is 3.53. The van der Waals surface area contributed by atoms with Gasteiger partial charge in [-0.05, 0) is 6.42 Å². The molecule has 0 saturated heterocycles. The van der Waals surface area contributed by atoms with Crippen LogP contribution in [0, 0.1) is 5.92 Å². The Kier molecular flexibility index (Phi) is 15.8. The first-order valence-electron chi connectivity index (χ1n) is 9.20. The zero-order valence-electron chi connectivity index (χ0n) is 18.9. The Morgan fingerprint density at radius 3 is 1.75 bits per heavy atom. The molecule has 2 amide bonds. The van der Waals surface area contributed by atoms with Crippen LogP contribution in [0.1, 0.15) is 12.8 Å². The van der Waals surface area contributed by atoms with Gasteiger partial charge >= 0.3 is 19.5 Å². The van der Waals surface area contributed by atoms with Crippen molar-refractivity contribution < 1.29 is 50.9 Å². The summed E-state index contributed by atoms with van der Waals surface area (Å²) in [6, 6.07) is 0. The summed E-state index contributed by atoms with van der Waals surface area (Å²) in [5.74, 6) is -3.61. The number of esters is 2. The smallest absolute Gasteiger partial charge is 0.341 e. The molecule has 0 rings (SSSR count). The van der Waals surface area contributed by atoms with Crippen LogP contribution >= 0.6 is 25.7 Å². The molecule has 0 saturated carbocycles. The van der Waals surface area contributed by atoms with Crippen molar-refractivity contribution in [1.82, 2.24) is 9.80 Å². The highest BCUT2D eigenvalue weighted by molar-refractivity contribution is 7.63. The van der Waals surface area contributed by atoms with Gasteiger partial charge in [-0.15, -0.1) is 0 Å². The third-order valence-corrected chi connectivity index (χ3v) is 7.73. The lowest BCUT2D eigenvalue weighted by molar-refractivity contribution is -0.155. The molecule has 0 fully saturated rings. The molecule has 3 atom stereocenters. The van der Waals surface area contributed by atoms with Gasteiger partial charge in [-0.25, -0.2) is 0 Å². The molecule has 0 heterocycles. The summed E-state index contributed by atoms with van der Waals surface area (Å²) in [4.78, 5) is 50.3. The van der Waals surface area contributed by atoms with Crippen LogP contribution in [-0.2, 0) is 50.9 Å². The summed E-state index contributed by atoms with van der Waals surface area (Å²) in [6.07, 6.45) is -0.868. The summed E-state index contributed by atoms with van der Waals surface area (Å²) >= 11 is 0. The Balaban J connectivity index is 5.24. The summed E-state index contributed by atoms with van der Waals surface area (Å²) in [6.45, 7) is -0.983. The zero-order chi connectivity index (χ0) is 24.7. The average Bonchev–Trinajstić information content (AvgIpc) is 2.75. The maximum Gasteiger partial charge on any atom is 0.341 e. The lowest BCUT2D eigenvalue weighted by Gasteiger charge is -2.22. The van der Waals surface area contributed by atoms with Crippen LogP contribution in [-0.4, -0.2) is 95.3 Å². The van der Waals surface area contributed by atoms with Crippen LogP contribution in [0.25, 0.3) is 0 Å². The highest BCUT2D eigenvalue weighted by Gasteiger charge is 2.35. The van der Waals surface area contributed by atoms with Gasteiger partial charge < -0.3 is 28.3 Å². The van der Waals surface area contributed by atoms with Gasteiger partial charge in [0.05, 0.1) is 12.1 Å². The SMILES string of the molecule is COPOP(=O)(CC(CCC(=O)OCC(=O)N(C)C)C(=O)OCC(=O)N(C)C)OPOC. The summed E-state index contributed by atoms with van der Waals surface area (Å²) < 4.78 is 42.7. The molecular formula is C16H31N2O11P3. The van der Waals surface area contributed by atoms with Crippen molar-refractivity contribution in [2.45, 2.75) is 12.8 Å². The number of carbonyl (C=O) groups excluding carboxylic acids is 4. The van der Waals surface area contributed by atoms with E-state index in [9.17, 15) is 23.7 Å². The zero-order valence-corrected chi connectivity index (χ0v) is 21.8. The minimum Gasteiger partial charge on any atom is -0.456 e. The quantitative estimate of drug-likeness (QED) is 0.213. The molecule has 0 aliphatic carbocycles. The molecule has 0 aromatic carbocycles. The number of hydrogen-bond donors (Lipinski definition) is 0. The highest BCUT2D eigenvalue weighted by atomic mass is 31.3. The first kappa shape index (κ1) is 30.8. The van der Waals surface area contributed by atoms with E-state index >= 15 is 0 Å². The number of carbonyl (C=O) groups is 4. The molecule has 0 bridgehead atoms. The number of ether oxygens (including phenoxy) is 2. The molecule has 0 N–H and O–H groups in total. The van der Waals surface area contributed by atoms with Gasteiger partial charge in [-0.1, -0.05) is 0 Å². The third-order valence-electron chi connectivity index (χ3n) is 3.69. The predicted octanol–water partition coefficient (Wildman–Crippen LogP) is 1.18. The molecule has 0 aliphatic heterocycles. The predicted molar refractivity (Wildman–Crippen MR) is 117 cm³/mol. The van der Waals surface area contributed by atoms with E-state index in [1.165, 1.54) is 52.2 Å². The van der Waals surface area contributed by atoms with Gasteiger partial charge in [0.2, 0.25) is 0 Å². The lowest BCUT2D eigenvalue weighted by Crippen LogP contribution is -2.31. The number of rotatable bonds is 16. The van der Waals surface area contributed by atoms with E-state index < -0.39 is 74.7 Å². The van der Waals surface area contributed by atoms with Crippen LogP contribution in [0.2, 0.25) is 0 Å². The maximum absolute atomic E-state index is 13.0. The van der Waals surface area contributed by atoms with Gasteiger partial charge in [0.1, 0.15) is 0 Å². The third kappa shape index (κ3) is 13.4. The Morgan fingerprint density at radius 1 is 0.844 bits per heavy atom. The Hall–Kier alpha value is -1.19. The fourth-order valence-electron chi connectivity index (χ4n) is 1.85. The molecule has 13 nitrogen and oxygen atoms in total. The van der Waals surface area contributed by atoms with E-state index in [0.717, 1.165) is 0 Å². The van der Waals surface area contributed by atoms with E-state index in [1.54, 1.807) is 0 Å². The minimum absolute atomic E-state index is 0.146. The van der Waals surface area contributed by atoms with Crippen LogP contribution in [0.4, 0.5) is 0 Å². The van der Waals surface area contributed by atoms with Crippen LogP contribution in [0.5, 0.6) is 0 Å². The van der Waals surface area contributed by atoms with Gasteiger partial charge in [-0.2, -0.15) is 0 Å². The van der Waals surface area contributed by atoms with Crippen molar-refractivity contribution in [2.24, 2.45) is 5.92 Å².